The number of rotatable bonds is 0. The zero-order valence-electron chi connectivity index (χ0n) is 5.90. The van der Waals surface area contributed by atoms with Gasteiger partial charge in [-0.25, -0.2) is 0 Å². The molecule has 0 spiro atoms. The Labute approximate surface area is 63.7 Å². The van der Waals surface area contributed by atoms with E-state index in [2.05, 4.69) is 0 Å². The fourth-order valence-electron chi connectivity index (χ4n) is 1.10. The highest BCUT2D eigenvalue weighted by Gasteiger charge is 1.89. The van der Waals surface area contributed by atoms with Gasteiger partial charge in [0.25, 0.3) is 5.56 Å². The molecular weight excluding hydrogens is 138 g/mol. The molecular formula is C9H7NO. The van der Waals surface area contributed by atoms with Crippen LogP contribution in [0.5, 0.6) is 0 Å². The molecule has 0 fully saturated rings. The van der Waals surface area contributed by atoms with Gasteiger partial charge in [0.1, 0.15) is 0 Å². The Kier molecular flexibility index (Phi) is 1.25. The zero-order valence-corrected chi connectivity index (χ0v) is 5.90. The van der Waals surface area contributed by atoms with Crippen molar-refractivity contribution < 1.29 is 0 Å². The summed E-state index contributed by atoms with van der Waals surface area (Å²) in [6.07, 6.45) is 1.76. The fourth-order valence-corrected chi connectivity index (χ4v) is 1.10. The van der Waals surface area contributed by atoms with Crippen LogP contribution >= 0.6 is 0 Å². The summed E-state index contributed by atoms with van der Waals surface area (Å²) in [5.74, 6) is 0. The lowest BCUT2D eigenvalue weighted by Crippen LogP contribution is -2.09. The molecule has 0 unspecified atom stereocenters. The predicted molar refractivity (Wildman–Crippen MR) is 43.7 cm³/mol. The molecule has 0 saturated heterocycles. The summed E-state index contributed by atoms with van der Waals surface area (Å²) in [6, 6.07) is 10.9. The Morgan fingerprint density at radius 3 is 2.64 bits per heavy atom. The number of aromatic nitrogens is 1. The highest BCUT2D eigenvalue weighted by atomic mass is 16.1. The van der Waals surface area contributed by atoms with Crippen LogP contribution in [-0.4, -0.2) is 4.40 Å². The fraction of sp³-hybridized carbons (Fsp3) is 0. The van der Waals surface area contributed by atoms with Gasteiger partial charge in [-0.2, -0.15) is 0 Å². The minimum absolute atomic E-state index is 0.0168. The van der Waals surface area contributed by atoms with Crippen molar-refractivity contribution in [1.82, 2.24) is 4.40 Å². The summed E-state index contributed by atoms with van der Waals surface area (Å²) in [4.78, 5) is 11.1. The van der Waals surface area contributed by atoms with Crippen molar-refractivity contribution in [2.75, 3.05) is 0 Å². The Hall–Kier alpha value is -1.57. The van der Waals surface area contributed by atoms with Crippen molar-refractivity contribution >= 4 is 5.52 Å². The van der Waals surface area contributed by atoms with Crippen molar-refractivity contribution in [3.63, 3.8) is 0 Å². The summed E-state index contributed by atoms with van der Waals surface area (Å²) in [5, 5.41) is 0. The topological polar surface area (TPSA) is 21.5 Å². The van der Waals surface area contributed by atoms with Crippen LogP contribution in [0.1, 0.15) is 0 Å². The summed E-state index contributed by atoms with van der Waals surface area (Å²) in [5.41, 5.74) is 0.947. The van der Waals surface area contributed by atoms with Crippen LogP contribution in [0.4, 0.5) is 0 Å². The lowest BCUT2D eigenvalue weighted by Gasteiger charge is -1.95. The van der Waals surface area contributed by atoms with E-state index in [4.69, 9.17) is 0 Å². The molecule has 0 saturated carbocycles. The van der Waals surface area contributed by atoms with Gasteiger partial charge in [-0.05, 0) is 18.2 Å². The monoisotopic (exact) mass is 145 g/mol. The van der Waals surface area contributed by atoms with E-state index in [1.54, 1.807) is 22.7 Å². The summed E-state index contributed by atoms with van der Waals surface area (Å²) >= 11 is 0. The smallest absolute Gasteiger partial charge is 0.255 e. The lowest BCUT2D eigenvalue weighted by atomic mass is 10.3. The minimum Gasteiger partial charge on any atom is -0.284 e. The van der Waals surface area contributed by atoms with E-state index in [-0.39, 0.29) is 5.56 Å². The van der Waals surface area contributed by atoms with E-state index >= 15 is 0 Å². The molecule has 0 aliphatic rings. The molecule has 2 aromatic rings. The summed E-state index contributed by atoms with van der Waals surface area (Å²) in [7, 11) is 0. The Bertz CT molecular complexity index is 425. The van der Waals surface area contributed by atoms with E-state index in [1.807, 2.05) is 24.3 Å². The molecule has 0 aliphatic carbocycles. The van der Waals surface area contributed by atoms with Crippen molar-refractivity contribution in [1.29, 1.82) is 0 Å². The van der Waals surface area contributed by atoms with Gasteiger partial charge < -0.3 is 0 Å². The highest BCUT2D eigenvalue weighted by Crippen LogP contribution is 1.96. The van der Waals surface area contributed by atoms with Crippen LogP contribution < -0.4 is 5.56 Å². The van der Waals surface area contributed by atoms with Gasteiger partial charge >= 0.3 is 0 Å². The average Bonchev–Trinajstić information content (AvgIpc) is 2.06. The zero-order chi connectivity index (χ0) is 7.68. The molecule has 2 aromatic heterocycles. The average molecular weight is 145 g/mol. The Morgan fingerprint density at radius 1 is 1.00 bits per heavy atom. The first-order valence-electron chi connectivity index (χ1n) is 3.44. The van der Waals surface area contributed by atoms with Crippen LogP contribution in [0.3, 0.4) is 0 Å². The van der Waals surface area contributed by atoms with Crippen LogP contribution in [-0.2, 0) is 0 Å². The second-order valence-corrected chi connectivity index (χ2v) is 2.36. The number of fused-ring (bicyclic) bond motifs is 1. The summed E-state index contributed by atoms with van der Waals surface area (Å²) < 4.78 is 1.61. The number of pyridine rings is 2. The molecule has 0 N–H and O–H groups in total. The maximum Gasteiger partial charge on any atom is 0.255 e. The number of hydrogen-bond donors (Lipinski definition) is 0. The maximum atomic E-state index is 11.1. The molecule has 54 valence electrons. The molecule has 0 aromatic carbocycles. The van der Waals surface area contributed by atoms with Gasteiger partial charge in [0.15, 0.2) is 0 Å². The Balaban J connectivity index is 3.03. The molecule has 0 atom stereocenters. The van der Waals surface area contributed by atoms with Gasteiger partial charge in [0, 0.05) is 17.8 Å². The molecule has 0 amide bonds. The van der Waals surface area contributed by atoms with E-state index in [1.165, 1.54) is 0 Å². The standard InChI is InChI=1S/C9H7NO/c11-9-6-3-5-8-4-1-2-7-10(8)9/h1-7H. The van der Waals surface area contributed by atoms with E-state index in [0.717, 1.165) is 5.52 Å². The largest absolute Gasteiger partial charge is 0.284 e. The molecule has 0 aliphatic heterocycles. The predicted octanol–water partition coefficient (Wildman–Crippen LogP) is 1.30. The highest BCUT2D eigenvalue weighted by molar-refractivity contribution is 5.45. The first kappa shape index (κ1) is 6.16. The third-order valence-electron chi connectivity index (χ3n) is 1.63. The second-order valence-electron chi connectivity index (χ2n) is 2.36. The van der Waals surface area contributed by atoms with E-state index < -0.39 is 0 Å². The molecule has 11 heavy (non-hydrogen) atoms. The van der Waals surface area contributed by atoms with Gasteiger partial charge in [-0.15, -0.1) is 0 Å². The van der Waals surface area contributed by atoms with Crippen LogP contribution in [0, 0.1) is 0 Å². The Morgan fingerprint density at radius 2 is 1.82 bits per heavy atom. The van der Waals surface area contributed by atoms with Gasteiger partial charge in [-0.3, -0.25) is 9.20 Å². The maximum absolute atomic E-state index is 11.1. The number of nitrogens with zero attached hydrogens (tertiary/aromatic N) is 1. The quantitative estimate of drug-likeness (QED) is 0.547. The SMILES string of the molecule is O=c1cccc2ccccn12. The van der Waals surface area contributed by atoms with Crippen molar-refractivity contribution in [2.45, 2.75) is 0 Å². The van der Waals surface area contributed by atoms with E-state index in [9.17, 15) is 4.79 Å². The van der Waals surface area contributed by atoms with Crippen LogP contribution in [0.2, 0.25) is 0 Å². The lowest BCUT2D eigenvalue weighted by molar-refractivity contribution is 1.10. The molecule has 2 heterocycles. The van der Waals surface area contributed by atoms with Crippen molar-refractivity contribution in [2.24, 2.45) is 0 Å². The molecule has 0 radical (unpaired) electrons. The van der Waals surface area contributed by atoms with Crippen molar-refractivity contribution in [3.05, 3.63) is 52.9 Å². The molecule has 0 bridgehead atoms. The van der Waals surface area contributed by atoms with Crippen molar-refractivity contribution in [3.8, 4) is 0 Å². The normalized spacial score (nSPS) is 10.2. The first-order chi connectivity index (χ1) is 5.38. The number of hydrogen-bond acceptors (Lipinski definition) is 1. The third-order valence-corrected chi connectivity index (χ3v) is 1.63. The van der Waals surface area contributed by atoms with Crippen LogP contribution in [0.25, 0.3) is 5.52 Å². The van der Waals surface area contributed by atoms with Gasteiger partial charge in [0.05, 0.1) is 0 Å². The molecule has 2 rings (SSSR count). The molecule has 2 heteroatoms. The summed E-state index contributed by atoms with van der Waals surface area (Å²) in [6.45, 7) is 0. The van der Waals surface area contributed by atoms with Crippen LogP contribution in [0.15, 0.2) is 47.4 Å². The first-order valence-corrected chi connectivity index (χ1v) is 3.44. The van der Waals surface area contributed by atoms with Gasteiger partial charge in [-0.1, -0.05) is 12.1 Å². The van der Waals surface area contributed by atoms with E-state index in [0.29, 0.717) is 0 Å². The molecule has 2 nitrogen and oxygen atoms in total. The third kappa shape index (κ3) is 0.923. The van der Waals surface area contributed by atoms with Gasteiger partial charge in [0.2, 0.25) is 0 Å². The second kappa shape index (κ2) is 2.23. The minimum atomic E-state index is 0.0168.